The van der Waals surface area contributed by atoms with Crippen LogP contribution in [0.3, 0.4) is 0 Å². The number of hydrogen-bond donors (Lipinski definition) is 1. The third-order valence-electron chi connectivity index (χ3n) is 2.84. The number of nitrogens with one attached hydrogen (secondary N) is 1. The molecule has 1 N–H and O–H groups in total. The maximum Gasteiger partial charge on any atom is 0.112 e. The molecule has 0 radical (unpaired) electrons. The molecule has 0 unspecified atom stereocenters. The predicted octanol–water partition coefficient (Wildman–Crippen LogP) is 1.94. The van der Waals surface area contributed by atoms with Crippen LogP contribution in [0.15, 0.2) is 23.8 Å². The Morgan fingerprint density at radius 1 is 1.41 bits per heavy atom. The van der Waals surface area contributed by atoms with E-state index < -0.39 is 0 Å². The van der Waals surface area contributed by atoms with Gasteiger partial charge >= 0.3 is 0 Å². The Bertz CT molecular complexity index is 459. The average Bonchev–Trinajstić information content (AvgIpc) is 2.90. The van der Waals surface area contributed by atoms with Gasteiger partial charge in [-0.25, -0.2) is 4.98 Å². The SMILES string of the molecule is Cn1nccc1CCNC(C)(C)c1nccs1. The van der Waals surface area contributed by atoms with Crippen molar-refractivity contribution in [3.8, 4) is 0 Å². The van der Waals surface area contributed by atoms with Gasteiger partial charge in [0.25, 0.3) is 0 Å². The van der Waals surface area contributed by atoms with Crippen LogP contribution in [-0.4, -0.2) is 21.3 Å². The first-order valence-corrected chi connectivity index (χ1v) is 6.59. The molecule has 0 aromatic carbocycles. The summed E-state index contributed by atoms with van der Waals surface area (Å²) in [5, 5.41) is 10.8. The summed E-state index contributed by atoms with van der Waals surface area (Å²) in [6.07, 6.45) is 4.66. The van der Waals surface area contributed by atoms with Gasteiger partial charge in [0, 0.05) is 43.5 Å². The van der Waals surface area contributed by atoms with Crippen molar-refractivity contribution in [2.45, 2.75) is 25.8 Å². The molecule has 92 valence electrons. The van der Waals surface area contributed by atoms with Crippen molar-refractivity contribution >= 4 is 11.3 Å². The first-order chi connectivity index (χ1) is 8.09. The fourth-order valence-electron chi connectivity index (χ4n) is 1.76. The minimum absolute atomic E-state index is 0.0627. The second-order valence-corrected chi connectivity index (χ2v) is 5.48. The summed E-state index contributed by atoms with van der Waals surface area (Å²) in [6, 6.07) is 2.05. The van der Waals surface area contributed by atoms with E-state index in [1.165, 1.54) is 5.69 Å². The van der Waals surface area contributed by atoms with E-state index in [9.17, 15) is 0 Å². The van der Waals surface area contributed by atoms with Gasteiger partial charge in [0.15, 0.2) is 0 Å². The summed E-state index contributed by atoms with van der Waals surface area (Å²) < 4.78 is 1.91. The Morgan fingerprint density at radius 3 is 2.82 bits per heavy atom. The van der Waals surface area contributed by atoms with E-state index in [0.717, 1.165) is 18.0 Å². The molecule has 17 heavy (non-hydrogen) atoms. The second-order valence-electron chi connectivity index (χ2n) is 4.59. The van der Waals surface area contributed by atoms with Crippen LogP contribution in [0.5, 0.6) is 0 Å². The van der Waals surface area contributed by atoms with Gasteiger partial charge in [-0.3, -0.25) is 4.68 Å². The molecular formula is C12H18N4S. The average molecular weight is 250 g/mol. The zero-order valence-corrected chi connectivity index (χ0v) is 11.3. The van der Waals surface area contributed by atoms with Gasteiger partial charge in [0.2, 0.25) is 0 Å². The maximum atomic E-state index is 4.36. The molecule has 0 aliphatic heterocycles. The lowest BCUT2D eigenvalue weighted by molar-refractivity contribution is 0.402. The number of thiazole rings is 1. The van der Waals surface area contributed by atoms with E-state index in [1.54, 1.807) is 11.3 Å². The Balaban J connectivity index is 1.88. The molecule has 0 fully saturated rings. The Hall–Kier alpha value is -1.20. The molecule has 0 spiro atoms. The molecule has 2 aromatic heterocycles. The van der Waals surface area contributed by atoms with Gasteiger partial charge in [-0.2, -0.15) is 5.10 Å². The molecule has 4 nitrogen and oxygen atoms in total. The van der Waals surface area contributed by atoms with Gasteiger partial charge < -0.3 is 5.32 Å². The molecule has 0 aliphatic carbocycles. The summed E-state index contributed by atoms with van der Waals surface area (Å²) in [4.78, 5) is 4.36. The van der Waals surface area contributed by atoms with Crippen molar-refractivity contribution in [3.63, 3.8) is 0 Å². The molecule has 2 aromatic rings. The van der Waals surface area contributed by atoms with Crippen LogP contribution in [0.25, 0.3) is 0 Å². The highest BCUT2D eigenvalue weighted by molar-refractivity contribution is 7.09. The smallest absolute Gasteiger partial charge is 0.112 e. The first-order valence-electron chi connectivity index (χ1n) is 5.71. The maximum absolute atomic E-state index is 4.36. The van der Waals surface area contributed by atoms with Gasteiger partial charge in [0.1, 0.15) is 5.01 Å². The van der Waals surface area contributed by atoms with Crippen molar-refractivity contribution in [2.24, 2.45) is 7.05 Å². The van der Waals surface area contributed by atoms with Gasteiger partial charge in [-0.05, 0) is 19.9 Å². The minimum atomic E-state index is -0.0627. The van der Waals surface area contributed by atoms with Crippen molar-refractivity contribution in [2.75, 3.05) is 6.54 Å². The number of rotatable bonds is 5. The van der Waals surface area contributed by atoms with Crippen LogP contribution in [0.2, 0.25) is 0 Å². The zero-order valence-electron chi connectivity index (χ0n) is 10.5. The summed E-state index contributed by atoms with van der Waals surface area (Å²) >= 11 is 1.69. The Morgan fingerprint density at radius 2 is 2.24 bits per heavy atom. The molecule has 0 saturated heterocycles. The fraction of sp³-hybridized carbons (Fsp3) is 0.500. The van der Waals surface area contributed by atoms with Crippen molar-refractivity contribution in [1.82, 2.24) is 20.1 Å². The Kier molecular flexibility index (Phi) is 3.59. The van der Waals surface area contributed by atoms with E-state index in [-0.39, 0.29) is 5.54 Å². The van der Waals surface area contributed by atoms with E-state index in [4.69, 9.17) is 0 Å². The highest BCUT2D eigenvalue weighted by Gasteiger charge is 2.22. The van der Waals surface area contributed by atoms with Crippen LogP contribution in [0.1, 0.15) is 24.5 Å². The van der Waals surface area contributed by atoms with Crippen LogP contribution in [0, 0.1) is 0 Å². The lowest BCUT2D eigenvalue weighted by Gasteiger charge is -2.23. The molecule has 0 saturated carbocycles. The molecule has 0 amide bonds. The lowest BCUT2D eigenvalue weighted by Crippen LogP contribution is -2.37. The van der Waals surface area contributed by atoms with Gasteiger partial charge in [-0.15, -0.1) is 11.3 Å². The van der Waals surface area contributed by atoms with E-state index in [2.05, 4.69) is 35.3 Å². The number of nitrogens with zero attached hydrogens (tertiary/aromatic N) is 3. The molecule has 2 rings (SSSR count). The topological polar surface area (TPSA) is 42.7 Å². The Labute approximate surface area is 106 Å². The highest BCUT2D eigenvalue weighted by atomic mass is 32.1. The molecule has 0 bridgehead atoms. The number of hydrogen-bond acceptors (Lipinski definition) is 4. The van der Waals surface area contributed by atoms with E-state index in [1.807, 2.05) is 29.5 Å². The molecular weight excluding hydrogens is 232 g/mol. The molecule has 0 atom stereocenters. The van der Waals surface area contributed by atoms with Crippen LogP contribution in [0.4, 0.5) is 0 Å². The van der Waals surface area contributed by atoms with Crippen LogP contribution < -0.4 is 5.32 Å². The standard InChI is InChI=1S/C12H18N4S/c1-12(2,11-13-8-9-17-11)14-6-4-10-5-7-15-16(10)3/h5,7-9,14H,4,6H2,1-3H3. The van der Waals surface area contributed by atoms with Gasteiger partial charge in [0.05, 0.1) is 5.54 Å². The minimum Gasteiger partial charge on any atom is -0.305 e. The highest BCUT2D eigenvalue weighted by Crippen LogP contribution is 2.21. The van der Waals surface area contributed by atoms with Crippen molar-refractivity contribution in [3.05, 3.63) is 34.5 Å². The lowest BCUT2D eigenvalue weighted by atomic mass is 10.1. The summed E-state index contributed by atoms with van der Waals surface area (Å²) in [6.45, 7) is 5.25. The van der Waals surface area contributed by atoms with Crippen molar-refractivity contribution in [1.29, 1.82) is 0 Å². The van der Waals surface area contributed by atoms with Crippen molar-refractivity contribution < 1.29 is 0 Å². The predicted molar refractivity (Wildman–Crippen MR) is 70.1 cm³/mol. The zero-order chi connectivity index (χ0) is 12.3. The summed E-state index contributed by atoms with van der Waals surface area (Å²) in [7, 11) is 1.97. The number of aryl methyl sites for hydroxylation is 1. The second kappa shape index (κ2) is 4.98. The number of aromatic nitrogens is 3. The summed E-state index contributed by atoms with van der Waals surface area (Å²) in [5.41, 5.74) is 1.18. The normalized spacial score (nSPS) is 11.9. The molecule has 0 aliphatic rings. The van der Waals surface area contributed by atoms with Gasteiger partial charge in [-0.1, -0.05) is 0 Å². The third kappa shape index (κ3) is 2.92. The van der Waals surface area contributed by atoms with E-state index >= 15 is 0 Å². The third-order valence-corrected chi connectivity index (χ3v) is 3.93. The quantitative estimate of drug-likeness (QED) is 0.882. The first kappa shape index (κ1) is 12.3. The van der Waals surface area contributed by atoms with Crippen LogP contribution >= 0.6 is 11.3 Å². The fourth-order valence-corrected chi connectivity index (χ4v) is 2.50. The van der Waals surface area contributed by atoms with E-state index in [0.29, 0.717) is 0 Å². The van der Waals surface area contributed by atoms with Crippen LogP contribution in [-0.2, 0) is 19.0 Å². The molecule has 5 heteroatoms. The monoisotopic (exact) mass is 250 g/mol. The largest absolute Gasteiger partial charge is 0.305 e. The summed E-state index contributed by atoms with van der Waals surface area (Å²) in [5.74, 6) is 0. The molecule has 2 heterocycles.